The molecule has 0 spiro atoms. The normalized spacial score (nSPS) is 19.8. The minimum Gasteiger partial charge on any atom is -0.481 e. The van der Waals surface area contributed by atoms with Crippen molar-refractivity contribution < 1.29 is 19.5 Å². The van der Waals surface area contributed by atoms with E-state index in [4.69, 9.17) is 5.11 Å². The summed E-state index contributed by atoms with van der Waals surface area (Å²) in [4.78, 5) is 39.0. The molecule has 26 heavy (non-hydrogen) atoms. The zero-order valence-electron chi connectivity index (χ0n) is 14.8. The summed E-state index contributed by atoms with van der Waals surface area (Å²) in [5, 5.41) is 11.3. The molecule has 0 aliphatic carbocycles. The molecule has 0 radical (unpaired) electrons. The Morgan fingerprint density at radius 2 is 1.77 bits per heavy atom. The summed E-state index contributed by atoms with van der Waals surface area (Å²) in [7, 11) is 0. The molecule has 2 fully saturated rings. The molecular formula is C19H25N3O4. The van der Waals surface area contributed by atoms with E-state index in [1.807, 2.05) is 24.3 Å². The summed E-state index contributed by atoms with van der Waals surface area (Å²) in [6.45, 7) is 2.84. The van der Waals surface area contributed by atoms with Crippen molar-refractivity contribution >= 4 is 29.2 Å². The number of anilines is 2. The second-order valence-electron chi connectivity index (χ2n) is 6.90. The molecule has 140 valence electrons. The Kier molecular flexibility index (Phi) is 5.75. The maximum absolute atomic E-state index is 12.3. The zero-order valence-corrected chi connectivity index (χ0v) is 14.8. The summed E-state index contributed by atoms with van der Waals surface area (Å²) in [5.74, 6) is -1.49. The molecule has 1 unspecified atom stereocenters. The highest BCUT2D eigenvalue weighted by molar-refractivity contribution is 6.00. The third kappa shape index (κ3) is 4.33. The van der Waals surface area contributed by atoms with Crippen molar-refractivity contribution in [3.63, 3.8) is 0 Å². The molecule has 1 aromatic carbocycles. The monoisotopic (exact) mass is 359 g/mol. The number of aliphatic carboxylic acids is 1. The molecule has 2 saturated heterocycles. The average Bonchev–Trinajstić information content (AvgIpc) is 3.28. The Bertz CT molecular complexity index is 668. The number of nitrogens with zero attached hydrogens (tertiary/aromatic N) is 2. The number of carboxylic acids is 1. The van der Waals surface area contributed by atoms with Crippen LogP contribution in [-0.4, -0.2) is 49.1 Å². The van der Waals surface area contributed by atoms with Gasteiger partial charge in [0.25, 0.3) is 0 Å². The Morgan fingerprint density at radius 1 is 1.12 bits per heavy atom. The summed E-state index contributed by atoms with van der Waals surface area (Å²) in [6.07, 6.45) is 3.05. The summed E-state index contributed by atoms with van der Waals surface area (Å²) in [5.41, 5.74) is 1.99. The van der Waals surface area contributed by atoms with Crippen molar-refractivity contribution in [2.24, 2.45) is 5.92 Å². The minimum atomic E-state index is -0.876. The first-order valence-corrected chi connectivity index (χ1v) is 9.19. The van der Waals surface area contributed by atoms with Crippen LogP contribution in [0.3, 0.4) is 0 Å². The van der Waals surface area contributed by atoms with Gasteiger partial charge in [-0.05, 0) is 43.5 Å². The standard InChI is InChI=1S/C19H25N3O4/c23-17-12-14(19(26)20-9-3-4-18(24)25)13-22(17)16-7-5-15(6-8-16)21-10-1-2-11-21/h5-8,14H,1-4,9-13H2,(H,20,26)(H,24,25). The molecule has 0 bridgehead atoms. The third-order valence-corrected chi connectivity index (χ3v) is 5.00. The van der Waals surface area contributed by atoms with E-state index in [1.165, 1.54) is 18.5 Å². The van der Waals surface area contributed by atoms with Crippen molar-refractivity contribution in [1.29, 1.82) is 0 Å². The largest absolute Gasteiger partial charge is 0.481 e. The second-order valence-corrected chi connectivity index (χ2v) is 6.90. The van der Waals surface area contributed by atoms with Gasteiger partial charge in [-0.1, -0.05) is 0 Å². The van der Waals surface area contributed by atoms with Gasteiger partial charge in [0.15, 0.2) is 0 Å². The highest BCUT2D eigenvalue weighted by atomic mass is 16.4. The zero-order chi connectivity index (χ0) is 18.5. The number of hydrogen-bond donors (Lipinski definition) is 2. The molecule has 2 amide bonds. The number of hydrogen-bond acceptors (Lipinski definition) is 4. The molecule has 2 N–H and O–H groups in total. The second kappa shape index (κ2) is 8.21. The summed E-state index contributed by atoms with van der Waals surface area (Å²) in [6, 6.07) is 7.96. The van der Waals surface area contributed by atoms with Crippen LogP contribution in [0.1, 0.15) is 32.1 Å². The van der Waals surface area contributed by atoms with Crippen LogP contribution in [0.25, 0.3) is 0 Å². The number of carboxylic acid groups (broad SMARTS) is 1. The highest BCUT2D eigenvalue weighted by Crippen LogP contribution is 2.28. The first-order valence-electron chi connectivity index (χ1n) is 9.19. The lowest BCUT2D eigenvalue weighted by molar-refractivity contribution is -0.137. The number of rotatable bonds is 7. The van der Waals surface area contributed by atoms with Crippen LogP contribution in [0, 0.1) is 5.92 Å². The molecule has 0 aromatic heterocycles. The molecule has 0 saturated carbocycles. The maximum Gasteiger partial charge on any atom is 0.303 e. The lowest BCUT2D eigenvalue weighted by Gasteiger charge is -2.20. The number of benzene rings is 1. The van der Waals surface area contributed by atoms with E-state index in [2.05, 4.69) is 10.2 Å². The van der Waals surface area contributed by atoms with Gasteiger partial charge in [0.2, 0.25) is 11.8 Å². The van der Waals surface area contributed by atoms with Crippen LogP contribution in [0.15, 0.2) is 24.3 Å². The first kappa shape index (κ1) is 18.2. The lowest BCUT2D eigenvalue weighted by atomic mass is 10.1. The lowest BCUT2D eigenvalue weighted by Crippen LogP contribution is -2.33. The summed E-state index contributed by atoms with van der Waals surface area (Å²) < 4.78 is 0. The van der Waals surface area contributed by atoms with Crippen LogP contribution < -0.4 is 15.1 Å². The molecule has 2 aliphatic heterocycles. The van der Waals surface area contributed by atoms with Crippen LogP contribution in [0.2, 0.25) is 0 Å². The van der Waals surface area contributed by atoms with E-state index in [0.717, 1.165) is 18.8 Å². The smallest absolute Gasteiger partial charge is 0.303 e. The Labute approximate surface area is 153 Å². The van der Waals surface area contributed by atoms with E-state index in [9.17, 15) is 14.4 Å². The quantitative estimate of drug-likeness (QED) is 0.722. The molecule has 3 rings (SSSR count). The van der Waals surface area contributed by atoms with Crippen molar-refractivity contribution in [1.82, 2.24) is 5.32 Å². The number of carbonyl (C=O) groups excluding carboxylic acids is 2. The number of carbonyl (C=O) groups is 3. The molecule has 1 aromatic rings. The van der Waals surface area contributed by atoms with E-state index in [0.29, 0.717) is 19.5 Å². The molecular weight excluding hydrogens is 334 g/mol. The number of nitrogens with one attached hydrogen (secondary N) is 1. The molecule has 1 atom stereocenters. The van der Waals surface area contributed by atoms with E-state index in [-0.39, 0.29) is 30.6 Å². The van der Waals surface area contributed by atoms with Crippen molar-refractivity contribution in [3.8, 4) is 0 Å². The van der Waals surface area contributed by atoms with Gasteiger partial charge < -0.3 is 20.2 Å². The highest BCUT2D eigenvalue weighted by Gasteiger charge is 2.35. The third-order valence-electron chi connectivity index (χ3n) is 5.00. The van der Waals surface area contributed by atoms with Crippen LogP contribution in [-0.2, 0) is 14.4 Å². The predicted molar refractivity (Wildman–Crippen MR) is 98.2 cm³/mol. The fraction of sp³-hybridized carbons (Fsp3) is 0.526. The predicted octanol–water partition coefficient (Wildman–Crippen LogP) is 1.62. The van der Waals surface area contributed by atoms with Gasteiger partial charge >= 0.3 is 5.97 Å². The topological polar surface area (TPSA) is 89.9 Å². The van der Waals surface area contributed by atoms with Gasteiger partial charge in [0, 0.05) is 50.4 Å². The summed E-state index contributed by atoms with van der Waals surface area (Å²) >= 11 is 0. The average molecular weight is 359 g/mol. The van der Waals surface area contributed by atoms with Gasteiger partial charge in [-0.2, -0.15) is 0 Å². The van der Waals surface area contributed by atoms with Crippen molar-refractivity contribution in [2.45, 2.75) is 32.1 Å². The van der Waals surface area contributed by atoms with Crippen LogP contribution >= 0.6 is 0 Å². The SMILES string of the molecule is O=C(O)CCCNC(=O)C1CC(=O)N(c2ccc(N3CCCC3)cc2)C1. The van der Waals surface area contributed by atoms with E-state index in [1.54, 1.807) is 4.90 Å². The molecule has 2 heterocycles. The minimum absolute atomic E-state index is 0.0272. The van der Waals surface area contributed by atoms with E-state index < -0.39 is 5.97 Å². The van der Waals surface area contributed by atoms with Gasteiger partial charge in [-0.15, -0.1) is 0 Å². The van der Waals surface area contributed by atoms with Gasteiger partial charge in [-0.3, -0.25) is 14.4 Å². The number of amides is 2. The first-order chi connectivity index (χ1) is 12.5. The van der Waals surface area contributed by atoms with Gasteiger partial charge in [0.1, 0.15) is 0 Å². The molecule has 2 aliphatic rings. The fourth-order valence-electron chi connectivity index (χ4n) is 3.55. The van der Waals surface area contributed by atoms with Gasteiger partial charge in [0.05, 0.1) is 5.92 Å². The molecule has 7 nitrogen and oxygen atoms in total. The van der Waals surface area contributed by atoms with E-state index >= 15 is 0 Å². The van der Waals surface area contributed by atoms with Crippen molar-refractivity contribution in [3.05, 3.63) is 24.3 Å². The fourth-order valence-corrected chi connectivity index (χ4v) is 3.55. The van der Waals surface area contributed by atoms with Crippen LogP contribution in [0.4, 0.5) is 11.4 Å². The van der Waals surface area contributed by atoms with Gasteiger partial charge in [-0.25, -0.2) is 0 Å². The van der Waals surface area contributed by atoms with Crippen LogP contribution in [0.5, 0.6) is 0 Å². The van der Waals surface area contributed by atoms with Crippen molar-refractivity contribution in [2.75, 3.05) is 36.0 Å². The Morgan fingerprint density at radius 3 is 2.42 bits per heavy atom. The molecule has 7 heteroatoms. The Balaban J connectivity index is 1.53. The maximum atomic E-state index is 12.3. The Hall–Kier alpha value is -2.57.